The molecule has 0 radical (unpaired) electrons. The van der Waals surface area contributed by atoms with Crippen molar-refractivity contribution in [3.8, 4) is 11.5 Å². The quantitative estimate of drug-likeness (QED) is 0.784. The van der Waals surface area contributed by atoms with Gasteiger partial charge in [0.1, 0.15) is 0 Å². The van der Waals surface area contributed by atoms with E-state index >= 15 is 0 Å². The summed E-state index contributed by atoms with van der Waals surface area (Å²) in [6.45, 7) is 3.92. The van der Waals surface area contributed by atoms with Crippen molar-refractivity contribution < 1.29 is 9.84 Å². The summed E-state index contributed by atoms with van der Waals surface area (Å²) in [6, 6.07) is 10.3. The molecule has 0 spiro atoms. The average Bonchev–Trinajstić information content (AvgIpc) is 2.69. The van der Waals surface area contributed by atoms with Gasteiger partial charge in [0.25, 0.3) is 0 Å². The molecule has 2 heterocycles. The zero-order chi connectivity index (χ0) is 19.2. The summed E-state index contributed by atoms with van der Waals surface area (Å²) in [7, 11) is 3.75. The fourth-order valence-corrected chi connectivity index (χ4v) is 3.92. The fourth-order valence-electron chi connectivity index (χ4n) is 3.69. The smallest absolute Gasteiger partial charge is 0.176 e. The first kappa shape index (κ1) is 19.9. The molecular formula is C21H28ClN3O2. The molecule has 1 saturated heterocycles. The topological polar surface area (TPSA) is 48.8 Å². The molecule has 1 aliphatic heterocycles. The third kappa shape index (κ3) is 5.34. The Morgan fingerprint density at radius 3 is 2.96 bits per heavy atom. The summed E-state index contributed by atoms with van der Waals surface area (Å²) >= 11 is 6.13. The number of likely N-dealkylation sites (N-methyl/N-ethyl adjacent to an activating group) is 1. The molecule has 1 unspecified atom stereocenters. The summed E-state index contributed by atoms with van der Waals surface area (Å²) in [6.07, 6.45) is 5.23. The van der Waals surface area contributed by atoms with Crippen LogP contribution in [0.4, 0.5) is 0 Å². The molecule has 0 saturated carbocycles. The maximum atomic E-state index is 9.91. The van der Waals surface area contributed by atoms with E-state index in [2.05, 4.69) is 27.9 Å². The predicted octanol–water partition coefficient (Wildman–Crippen LogP) is 3.59. The van der Waals surface area contributed by atoms with Gasteiger partial charge in [-0.3, -0.25) is 9.88 Å². The fraction of sp³-hybridized carbons (Fsp3) is 0.476. The van der Waals surface area contributed by atoms with Crippen molar-refractivity contribution >= 4 is 11.6 Å². The van der Waals surface area contributed by atoms with E-state index in [0.717, 1.165) is 43.9 Å². The number of halogens is 1. The molecule has 1 aromatic heterocycles. The summed E-state index contributed by atoms with van der Waals surface area (Å²) in [5.74, 6) is 0.437. The van der Waals surface area contributed by atoms with Gasteiger partial charge in [0.2, 0.25) is 0 Å². The number of phenolic OH excluding ortho intramolecular Hbond substituents is 1. The molecular weight excluding hydrogens is 362 g/mol. The van der Waals surface area contributed by atoms with E-state index in [9.17, 15) is 5.11 Å². The van der Waals surface area contributed by atoms with Crippen molar-refractivity contribution in [2.45, 2.75) is 31.8 Å². The van der Waals surface area contributed by atoms with Gasteiger partial charge in [-0.15, -0.1) is 0 Å². The lowest BCUT2D eigenvalue weighted by Gasteiger charge is -2.37. The number of pyridine rings is 1. The van der Waals surface area contributed by atoms with Crippen molar-refractivity contribution in [1.82, 2.24) is 14.8 Å². The molecule has 1 N–H and O–H groups in total. The minimum Gasteiger partial charge on any atom is -0.503 e. The number of methoxy groups -OCH3 is 1. The van der Waals surface area contributed by atoms with Crippen LogP contribution < -0.4 is 4.74 Å². The largest absolute Gasteiger partial charge is 0.503 e. The number of piperidine rings is 1. The number of rotatable bonds is 7. The lowest BCUT2D eigenvalue weighted by Crippen LogP contribution is -2.46. The van der Waals surface area contributed by atoms with Gasteiger partial charge in [0.15, 0.2) is 11.5 Å². The number of aromatic hydroxyl groups is 1. The molecule has 1 aromatic carbocycles. The highest BCUT2D eigenvalue weighted by Crippen LogP contribution is 2.35. The second-order valence-electron chi connectivity index (χ2n) is 7.21. The molecule has 5 nitrogen and oxygen atoms in total. The Labute approximate surface area is 166 Å². The van der Waals surface area contributed by atoms with Crippen LogP contribution in [0.5, 0.6) is 11.5 Å². The highest BCUT2D eigenvalue weighted by Gasteiger charge is 2.23. The Hall–Kier alpha value is -1.82. The summed E-state index contributed by atoms with van der Waals surface area (Å²) < 4.78 is 5.22. The first-order chi connectivity index (χ1) is 13.1. The maximum Gasteiger partial charge on any atom is 0.176 e. The molecule has 3 rings (SSSR count). The SMILES string of the molecule is COc1cc(CN2CCCC(N(C)CCc3ccccn3)C2)cc(Cl)c1O. The van der Waals surface area contributed by atoms with E-state index in [1.54, 1.807) is 7.11 Å². The zero-order valence-electron chi connectivity index (χ0n) is 16.1. The average molecular weight is 390 g/mol. The van der Waals surface area contributed by atoms with Crippen LogP contribution in [0.1, 0.15) is 24.1 Å². The van der Waals surface area contributed by atoms with Crippen LogP contribution in [0.2, 0.25) is 5.02 Å². The molecule has 27 heavy (non-hydrogen) atoms. The van der Waals surface area contributed by atoms with Gasteiger partial charge in [-0.25, -0.2) is 0 Å². The zero-order valence-corrected chi connectivity index (χ0v) is 16.8. The highest BCUT2D eigenvalue weighted by molar-refractivity contribution is 6.32. The lowest BCUT2D eigenvalue weighted by molar-refractivity contribution is 0.112. The summed E-state index contributed by atoms with van der Waals surface area (Å²) in [5, 5.41) is 10.3. The van der Waals surface area contributed by atoms with Gasteiger partial charge >= 0.3 is 0 Å². The second kappa shape index (κ2) is 9.40. The predicted molar refractivity (Wildman–Crippen MR) is 109 cm³/mol. The molecule has 6 heteroatoms. The van der Waals surface area contributed by atoms with Crippen molar-refractivity contribution in [2.75, 3.05) is 33.8 Å². The van der Waals surface area contributed by atoms with Gasteiger partial charge in [0, 0.05) is 44.0 Å². The number of hydrogen-bond acceptors (Lipinski definition) is 5. The van der Waals surface area contributed by atoms with Crippen molar-refractivity contribution in [3.63, 3.8) is 0 Å². The van der Waals surface area contributed by atoms with E-state index in [-0.39, 0.29) is 5.75 Å². The van der Waals surface area contributed by atoms with E-state index in [1.165, 1.54) is 12.8 Å². The number of aromatic nitrogens is 1. The van der Waals surface area contributed by atoms with Gasteiger partial charge in [-0.1, -0.05) is 17.7 Å². The van der Waals surface area contributed by atoms with Crippen LogP contribution >= 0.6 is 11.6 Å². The highest BCUT2D eigenvalue weighted by atomic mass is 35.5. The first-order valence-electron chi connectivity index (χ1n) is 9.44. The Morgan fingerprint density at radius 1 is 1.37 bits per heavy atom. The number of ether oxygens (including phenoxy) is 1. The maximum absolute atomic E-state index is 9.91. The van der Waals surface area contributed by atoms with Crippen molar-refractivity contribution in [2.24, 2.45) is 0 Å². The molecule has 0 amide bonds. The Balaban J connectivity index is 1.56. The van der Waals surface area contributed by atoms with E-state index < -0.39 is 0 Å². The monoisotopic (exact) mass is 389 g/mol. The minimum atomic E-state index is 0.00805. The second-order valence-corrected chi connectivity index (χ2v) is 7.62. The standard InChI is InChI=1S/C21H28ClN3O2/c1-24(11-8-17-6-3-4-9-23-17)18-7-5-10-25(15-18)14-16-12-19(22)21(26)20(13-16)27-2/h3-4,6,9,12-13,18,26H,5,7-8,10-11,14-15H2,1-2H3. The summed E-state index contributed by atoms with van der Waals surface area (Å²) in [4.78, 5) is 9.32. The van der Waals surface area contributed by atoms with Crippen molar-refractivity contribution in [1.29, 1.82) is 0 Å². The van der Waals surface area contributed by atoms with Crippen LogP contribution in [0.25, 0.3) is 0 Å². The number of likely N-dealkylation sites (tertiary alicyclic amines) is 1. The van der Waals surface area contributed by atoms with Crippen molar-refractivity contribution in [3.05, 3.63) is 52.8 Å². The van der Waals surface area contributed by atoms with E-state index in [4.69, 9.17) is 16.3 Å². The summed E-state index contributed by atoms with van der Waals surface area (Å²) in [5.41, 5.74) is 2.20. The van der Waals surface area contributed by atoms with Crippen LogP contribution in [0.15, 0.2) is 36.5 Å². The van der Waals surface area contributed by atoms with Gasteiger partial charge in [-0.2, -0.15) is 0 Å². The molecule has 1 atom stereocenters. The molecule has 0 aliphatic carbocycles. The molecule has 0 bridgehead atoms. The Bertz CT molecular complexity index is 742. The molecule has 2 aromatic rings. The van der Waals surface area contributed by atoms with Gasteiger partial charge < -0.3 is 14.7 Å². The minimum absolute atomic E-state index is 0.00805. The number of nitrogens with zero attached hydrogens (tertiary/aromatic N) is 3. The lowest BCUT2D eigenvalue weighted by atomic mass is 10.0. The normalized spacial score (nSPS) is 18.0. The van der Waals surface area contributed by atoms with E-state index in [0.29, 0.717) is 16.8 Å². The Kier molecular flexibility index (Phi) is 6.94. The Morgan fingerprint density at radius 2 is 2.22 bits per heavy atom. The van der Waals surface area contributed by atoms with Crippen LogP contribution in [-0.2, 0) is 13.0 Å². The first-order valence-corrected chi connectivity index (χ1v) is 9.82. The van der Waals surface area contributed by atoms with Gasteiger partial charge in [0.05, 0.1) is 12.1 Å². The number of benzene rings is 1. The third-order valence-electron chi connectivity index (χ3n) is 5.27. The molecule has 1 aliphatic rings. The van der Waals surface area contributed by atoms with Gasteiger partial charge in [-0.05, 0) is 56.3 Å². The van der Waals surface area contributed by atoms with Crippen LogP contribution in [-0.4, -0.2) is 59.7 Å². The molecule has 1 fully saturated rings. The number of phenols is 1. The number of hydrogen-bond donors (Lipinski definition) is 1. The van der Waals surface area contributed by atoms with Crippen LogP contribution in [0, 0.1) is 0 Å². The van der Waals surface area contributed by atoms with Crippen LogP contribution in [0.3, 0.4) is 0 Å². The molecule has 146 valence electrons. The van der Waals surface area contributed by atoms with E-state index in [1.807, 2.05) is 30.5 Å². The third-order valence-corrected chi connectivity index (χ3v) is 5.55.